The van der Waals surface area contributed by atoms with Crippen molar-refractivity contribution in [1.82, 2.24) is 10.2 Å². The van der Waals surface area contributed by atoms with Crippen molar-refractivity contribution in [3.8, 4) is 0 Å². The molecule has 0 spiro atoms. The summed E-state index contributed by atoms with van der Waals surface area (Å²) in [5.74, 6) is 2.09. The van der Waals surface area contributed by atoms with Crippen molar-refractivity contribution in [2.24, 2.45) is 17.6 Å². The Morgan fingerprint density at radius 3 is 2.60 bits per heavy atom. The molecule has 0 saturated heterocycles. The predicted octanol–water partition coefficient (Wildman–Crippen LogP) is 2.96. The lowest BCUT2D eigenvalue weighted by Gasteiger charge is -2.35. The maximum Gasteiger partial charge on any atom is 0.159 e. The molecule has 0 radical (unpaired) electrons. The van der Waals surface area contributed by atoms with Crippen molar-refractivity contribution in [3.05, 3.63) is 16.8 Å². The number of thiocarbonyl (C=S) groups is 1. The Kier molecular flexibility index (Phi) is 4.58. The third-order valence-corrected chi connectivity index (χ3v) is 4.93. The van der Waals surface area contributed by atoms with Crippen LogP contribution in [0.5, 0.6) is 0 Å². The van der Waals surface area contributed by atoms with E-state index in [4.69, 9.17) is 18.0 Å². The first-order valence-corrected chi connectivity index (χ1v) is 7.72. The highest BCUT2D eigenvalue weighted by molar-refractivity contribution is 7.80. The summed E-state index contributed by atoms with van der Waals surface area (Å²) in [5, 5.41) is 12.0. The van der Waals surface area contributed by atoms with E-state index in [0.29, 0.717) is 16.9 Å². The Morgan fingerprint density at radius 1 is 1.25 bits per heavy atom. The van der Waals surface area contributed by atoms with Crippen LogP contribution in [0.2, 0.25) is 0 Å². The molecule has 3 atom stereocenters. The largest absolute Gasteiger partial charge is 0.389 e. The maximum atomic E-state index is 5.88. The van der Waals surface area contributed by atoms with Crippen molar-refractivity contribution in [2.75, 3.05) is 5.32 Å². The average molecular weight is 292 g/mol. The summed E-state index contributed by atoms with van der Waals surface area (Å²) in [6.07, 6.45) is 3.72. The van der Waals surface area contributed by atoms with E-state index in [2.05, 4.69) is 29.4 Å². The Balaban J connectivity index is 2.29. The van der Waals surface area contributed by atoms with Crippen LogP contribution in [-0.2, 0) is 0 Å². The van der Waals surface area contributed by atoms with E-state index >= 15 is 0 Å². The maximum absolute atomic E-state index is 5.88. The molecule has 1 aliphatic carbocycles. The van der Waals surface area contributed by atoms with E-state index in [0.717, 1.165) is 35.0 Å². The van der Waals surface area contributed by atoms with Gasteiger partial charge in [-0.2, -0.15) is 5.10 Å². The van der Waals surface area contributed by atoms with Crippen molar-refractivity contribution in [1.29, 1.82) is 0 Å². The summed E-state index contributed by atoms with van der Waals surface area (Å²) >= 11 is 5.19. The van der Waals surface area contributed by atoms with Crippen LogP contribution in [0.4, 0.5) is 5.82 Å². The van der Waals surface area contributed by atoms with Gasteiger partial charge in [0.25, 0.3) is 0 Å². The quantitative estimate of drug-likeness (QED) is 0.839. The number of aryl methyl sites for hydroxylation is 1. The highest BCUT2D eigenvalue weighted by Crippen LogP contribution is 2.32. The van der Waals surface area contributed by atoms with Crippen molar-refractivity contribution < 1.29 is 0 Å². The molecule has 20 heavy (non-hydrogen) atoms. The fraction of sp³-hybridized carbons (Fsp3) is 0.667. The van der Waals surface area contributed by atoms with Gasteiger partial charge in [0.2, 0.25) is 0 Å². The van der Waals surface area contributed by atoms with E-state index < -0.39 is 0 Å². The minimum absolute atomic E-state index is 0.388. The highest BCUT2D eigenvalue weighted by Gasteiger charge is 2.28. The average Bonchev–Trinajstić information content (AvgIpc) is 2.39. The first-order chi connectivity index (χ1) is 9.41. The second-order valence-electron chi connectivity index (χ2n) is 6.02. The smallest absolute Gasteiger partial charge is 0.159 e. The molecule has 1 heterocycles. The van der Waals surface area contributed by atoms with Gasteiger partial charge in [-0.05, 0) is 37.7 Å². The lowest BCUT2D eigenvalue weighted by Crippen LogP contribution is -2.36. The van der Waals surface area contributed by atoms with Crippen LogP contribution < -0.4 is 11.1 Å². The van der Waals surface area contributed by atoms with Gasteiger partial charge in [0, 0.05) is 6.04 Å². The molecule has 1 fully saturated rings. The molecule has 3 unspecified atom stereocenters. The summed E-state index contributed by atoms with van der Waals surface area (Å²) in [5.41, 5.74) is 8.62. The second-order valence-corrected chi connectivity index (χ2v) is 6.46. The monoisotopic (exact) mass is 292 g/mol. The van der Waals surface area contributed by atoms with Gasteiger partial charge in [0.1, 0.15) is 4.99 Å². The molecule has 1 aliphatic rings. The van der Waals surface area contributed by atoms with Crippen molar-refractivity contribution in [3.63, 3.8) is 0 Å². The van der Waals surface area contributed by atoms with Gasteiger partial charge in [0.15, 0.2) is 5.82 Å². The standard InChI is InChI=1S/C15H24N4S/c1-8-6-5-7-12(9(8)2)17-15-13(14(16)20)10(3)11(4)18-19-15/h8-9,12H,5-7H2,1-4H3,(H2,16,20)(H,17,19). The van der Waals surface area contributed by atoms with Gasteiger partial charge in [-0.15, -0.1) is 5.10 Å². The Bertz CT molecular complexity index is 515. The lowest BCUT2D eigenvalue weighted by atomic mass is 9.78. The Morgan fingerprint density at radius 2 is 1.95 bits per heavy atom. The summed E-state index contributed by atoms with van der Waals surface area (Å²) < 4.78 is 0. The van der Waals surface area contributed by atoms with E-state index in [9.17, 15) is 0 Å². The third kappa shape index (κ3) is 2.92. The van der Waals surface area contributed by atoms with Crippen LogP contribution in [0, 0.1) is 25.7 Å². The number of hydrogen-bond donors (Lipinski definition) is 2. The van der Waals surface area contributed by atoms with E-state index in [-0.39, 0.29) is 0 Å². The molecule has 0 aromatic carbocycles. The molecule has 3 N–H and O–H groups in total. The van der Waals surface area contributed by atoms with Crippen molar-refractivity contribution in [2.45, 2.75) is 53.0 Å². The zero-order valence-electron chi connectivity index (χ0n) is 12.7. The third-order valence-electron chi connectivity index (χ3n) is 4.73. The Labute approximate surface area is 126 Å². The number of nitrogens with zero attached hydrogens (tertiary/aromatic N) is 2. The normalized spacial score (nSPS) is 26.3. The molecule has 0 amide bonds. The Hall–Kier alpha value is -1.23. The molecule has 1 saturated carbocycles. The number of rotatable bonds is 3. The number of anilines is 1. The number of aromatic nitrogens is 2. The van der Waals surface area contributed by atoms with Gasteiger partial charge < -0.3 is 11.1 Å². The zero-order chi connectivity index (χ0) is 14.9. The minimum atomic E-state index is 0.388. The fourth-order valence-corrected chi connectivity index (χ4v) is 3.22. The van der Waals surface area contributed by atoms with Crippen LogP contribution in [0.15, 0.2) is 0 Å². The van der Waals surface area contributed by atoms with Crippen LogP contribution in [0.1, 0.15) is 49.9 Å². The SMILES string of the molecule is Cc1nnc(NC2CCCC(C)C2C)c(C(N)=S)c1C. The van der Waals surface area contributed by atoms with E-state index in [1.165, 1.54) is 12.8 Å². The van der Waals surface area contributed by atoms with Crippen molar-refractivity contribution >= 4 is 23.0 Å². The predicted molar refractivity (Wildman–Crippen MR) is 87.0 cm³/mol. The second kappa shape index (κ2) is 6.04. The molecular formula is C15H24N4S. The summed E-state index contributed by atoms with van der Waals surface area (Å²) in [7, 11) is 0. The molecular weight excluding hydrogens is 268 g/mol. The summed E-state index contributed by atoms with van der Waals surface area (Å²) in [4.78, 5) is 0.388. The molecule has 4 nitrogen and oxygen atoms in total. The van der Waals surface area contributed by atoms with Gasteiger partial charge in [-0.25, -0.2) is 0 Å². The molecule has 1 aromatic rings. The first kappa shape index (κ1) is 15.2. The van der Waals surface area contributed by atoms with Crippen LogP contribution in [0.3, 0.4) is 0 Å². The van der Waals surface area contributed by atoms with Crippen LogP contribution in [-0.4, -0.2) is 21.2 Å². The first-order valence-electron chi connectivity index (χ1n) is 7.32. The minimum Gasteiger partial charge on any atom is -0.389 e. The molecule has 5 heteroatoms. The van der Waals surface area contributed by atoms with E-state index in [1.54, 1.807) is 0 Å². The molecule has 1 aromatic heterocycles. The molecule has 0 bridgehead atoms. The highest BCUT2D eigenvalue weighted by atomic mass is 32.1. The van der Waals surface area contributed by atoms with Gasteiger partial charge in [0.05, 0.1) is 11.3 Å². The zero-order valence-corrected chi connectivity index (χ0v) is 13.5. The van der Waals surface area contributed by atoms with E-state index in [1.807, 2.05) is 13.8 Å². The van der Waals surface area contributed by atoms with Gasteiger partial charge in [-0.1, -0.05) is 38.9 Å². The summed E-state index contributed by atoms with van der Waals surface area (Å²) in [6.45, 7) is 8.55. The van der Waals surface area contributed by atoms with Crippen LogP contribution >= 0.6 is 12.2 Å². The number of hydrogen-bond acceptors (Lipinski definition) is 4. The van der Waals surface area contributed by atoms with Crippen LogP contribution in [0.25, 0.3) is 0 Å². The molecule has 0 aliphatic heterocycles. The van der Waals surface area contributed by atoms with Gasteiger partial charge >= 0.3 is 0 Å². The molecule has 2 rings (SSSR count). The summed E-state index contributed by atoms with van der Waals surface area (Å²) in [6, 6.07) is 0.420. The topological polar surface area (TPSA) is 63.8 Å². The van der Waals surface area contributed by atoms with Gasteiger partial charge in [-0.3, -0.25) is 0 Å². The molecule has 110 valence electrons. The number of nitrogens with one attached hydrogen (secondary N) is 1. The lowest BCUT2D eigenvalue weighted by molar-refractivity contribution is 0.252. The fourth-order valence-electron chi connectivity index (χ4n) is 2.97. The number of nitrogens with two attached hydrogens (primary N) is 1.